The van der Waals surface area contributed by atoms with E-state index in [2.05, 4.69) is 30.2 Å². The van der Waals surface area contributed by atoms with Crippen molar-refractivity contribution >= 4 is 34.1 Å². The van der Waals surface area contributed by atoms with E-state index in [1.807, 2.05) is 25.1 Å². The molecule has 13 nitrogen and oxygen atoms in total. The van der Waals surface area contributed by atoms with Crippen molar-refractivity contribution in [3.05, 3.63) is 84.0 Å². The number of amides is 2. The second kappa shape index (κ2) is 14.0. The molecule has 6 heterocycles. The van der Waals surface area contributed by atoms with Crippen LogP contribution in [0.5, 0.6) is 11.5 Å². The molecular weight excluding hydrogens is 641 g/mol. The summed E-state index contributed by atoms with van der Waals surface area (Å²) in [5, 5.41) is 8.27. The van der Waals surface area contributed by atoms with E-state index in [0.29, 0.717) is 84.8 Å². The number of nitrogens with zero attached hydrogens (tertiary/aromatic N) is 8. The maximum absolute atomic E-state index is 16.7. The minimum atomic E-state index is -0.490. The Balaban J connectivity index is 1.19. The summed E-state index contributed by atoms with van der Waals surface area (Å²) in [5.74, 6) is 1.23. The number of nitrogens with one attached hydrogen (secondary N) is 1. The van der Waals surface area contributed by atoms with Gasteiger partial charge in [-0.05, 0) is 54.8 Å². The van der Waals surface area contributed by atoms with Crippen molar-refractivity contribution in [3.63, 3.8) is 0 Å². The molecule has 2 aliphatic rings. The van der Waals surface area contributed by atoms with Gasteiger partial charge in [-0.25, -0.2) is 9.37 Å². The van der Waals surface area contributed by atoms with Crippen molar-refractivity contribution in [1.82, 2.24) is 39.7 Å². The summed E-state index contributed by atoms with van der Waals surface area (Å²) in [6.07, 6.45) is 9.39. The van der Waals surface area contributed by atoms with Crippen molar-refractivity contribution < 1.29 is 23.5 Å². The van der Waals surface area contributed by atoms with Crippen molar-refractivity contribution in [1.29, 1.82) is 0 Å². The van der Waals surface area contributed by atoms with Gasteiger partial charge in [0, 0.05) is 86.5 Å². The number of aromatic nitrogens is 6. The number of benzene rings is 1. The molecule has 50 heavy (non-hydrogen) atoms. The number of pyridine rings is 2. The molecular formula is C36H38FN9O4. The van der Waals surface area contributed by atoms with Crippen molar-refractivity contribution in [2.45, 2.75) is 26.3 Å². The van der Waals surface area contributed by atoms with Gasteiger partial charge in [0.05, 0.1) is 32.5 Å². The zero-order valence-electron chi connectivity index (χ0n) is 28.2. The second-order valence-corrected chi connectivity index (χ2v) is 12.3. The smallest absolute Gasteiger partial charge is 0.270 e. The van der Waals surface area contributed by atoms with E-state index in [-0.39, 0.29) is 36.0 Å². The molecule has 0 bridgehead atoms. The number of carbonyl (C=O) groups is 2. The highest BCUT2D eigenvalue weighted by Crippen LogP contribution is 2.40. The quantitative estimate of drug-likeness (QED) is 0.241. The third kappa shape index (κ3) is 6.35. The summed E-state index contributed by atoms with van der Waals surface area (Å²) in [6, 6.07) is 9.03. The highest BCUT2D eigenvalue weighted by molar-refractivity contribution is 6.05. The number of hydrogen-bond acceptors (Lipinski definition) is 9. The predicted molar refractivity (Wildman–Crippen MR) is 185 cm³/mol. The summed E-state index contributed by atoms with van der Waals surface area (Å²) in [7, 11) is 3.19. The monoisotopic (exact) mass is 679 g/mol. The predicted octanol–water partition coefficient (Wildman–Crippen LogP) is 4.35. The van der Waals surface area contributed by atoms with Crippen molar-refractivity contribution in [2.75, 3.05) is 58.4 Å². The van der Waals surface area contributed by atoms with Crippen molar-refractivity contribution in [3.8, 4) is 22.6 Å². The number of carbonyl (C=O) groups excluding carboxylic acids is 2. The Labute approximate surface area is 288 Å². The van der Waals surface area contributed by atoms with Gasteiger partial charge in [-0.3, -0.25) is 19.3 Å². The van der Waals surface area contributed by atoms with Crippen LogP contribution in [-0.2, 0) is 11.3 Å². The molecule has 4 aromatic heterocycles. The number of halogens is 1. The van der Waals surface area contributed by atoms with Crippen molar-refractivity contribution in [2.24, 2.45) is 0 Å². The van der Waals surface area contributed by atoms with E-state index in [4.69, 9.17) is 9.47 Å². The van der Waals surface area contributed by atoms with Gasteiger partial charge < -0.3 is 29.2 Å². The van der Waals surface area contributed by atoms with Gasteiger partial charge in [0.15, 0.2) is 17.4 Å². The lowest BCUT2D eigenvalue weighted by molar-refractivity contribution is -0.131. The first-order valence-corrected chi connectivity index (χ1v) is 16.5. The molecule has 1 N–H and O–H groups in total. The van der Waals surface area contributed by atoms with Crippen LogP contribution in [0.2, 0.25) is 0 Å². The molecule has 5 aromatic rings. The normalized spacial score (nSPS) is 15.0. The Morgan fingerprint density at radius 2 is 1.76 bits per heavy atom. The number of H-pyrrole nitrogens is 1. The molecule has 0 radical (unpaired) electrons. The third-order valence-electron chi connectivity index (χ3n) is 9.32. The van der Waals surface area contributed by atoms with Gasteiger partial charge in [0.25, 0.3) is 5.91 Å². The molecule has 0 atom stereocenters. The summed E-state index contributed by atoms with van der Waals surface area (Å²) < 4.78 is 29.5. The fraction of sp³-hybridized carbons (Fsp3) is 0.333. The fourth-order valence-corrected chi connectivity index (χ4v) is 6.67. The fourth-order valence-electron chi connectivity index (χ4n) is 6.67. The van der Waals surface area contributed by atoms with E-state index in [1.54, 1.807) is 71.7 Å². The van der Waals surface area contributed by atoms with Crippen LogP contribution in [-0.4, -0.2) is 105 Å². The maximum atomic E-state index is 16.7. The maximum Gasteiger partial charge on any atom is 0.270 e. The molecule has 2 amide bonds. The van der Waals surface area contributed by atoms with Crippen LogP contribution in [0.1, 0.15) is 34.6 Å². The summed E-state index contributed by atoms with van der Waals surface area (Å²) in [4.78, 5) is 44.8. The van der Waals surface area contributed by atoms with Crippen LogP contribution >= 0.6 is 0 Å². The molecule has 2 aliphatic heterocycles. The minimum absolute atomic E-state index is 0.0498. The molecule has 0 saturated carbocycles. The molecule has 7 rings (SSSR count). The first kappa shape index (κ1) is 32.7. The van der Waals surface area contributed by atoms with Gasteiger partial charge in [-0.1, -0.05) is 11.3 Å². The zero-order valence-corrected chi connectivity index (χ0v) is 28.2. The number of ether oxygens (including phenoxy) is 2. The largest absolute Gasteiger partial charge is 0.496 e. The van der Waals surface area contributed by atoms with Crippen LogP contribution in [0.4, 0.5) is 10.2 Å². The Hall–Kier alpha value is -5.79. The van der Waals surface area contributed by atoms with Gasteiger partial charge >= 0.3 is 0 Å². The molecule has 1 fully saturated rings. The number of piperazine rings is 1. The molecule has 1 aromatic carbocycles. The topological polar surface area (TPSA) is 135 Å². The lowest BCUT2D eigenvalue weighted by Gasteiger charge is -2.35. The van der Waals surface area contributed by atoms with Gasteiger partial charge in [-0.2, -0.15) is 0 Å². The van der Waals surface area contributed by atoms with E-state index < -0.39 is 5.82 Å². The molecule has 0 unspecified atom stereocenters. The lowest BCUT2D eigenvalue weighted by atomic mass is 9.93. The number of anilines is 1. The van der Waals surface area contributed by atoms with Crippen LogP contribution < -0.4 is 14.4 Å². The molecule has 0 aliphatic carbocycles. The average Bonchev–Trinajstić information content (AvgIpc) is 3.85. The third-order valence-corrected chi connectivity index (χ3v) is 9.32. The highest BCUT2D eigenvalue weighted by Gasteiger charge is 2.29. The SMILES string of the molecule is COc1ccncc1-c1cc(C2=CCCN(C(=O)CCn3ccnn3)C2)c(F)c2[nH]c(C(=O)N3CCN(c4nc(C)ccc4OC)CC3)cc12. The Morgan fingerprint density at radius 3 is 2.52 bits per heavy atom. The summed E-state index contributed by atoms with van der Waals surface area (Å²) in [5.41, 5.74) is 3.72. The van der Waals surface area contributed by atoms with E-state index in [9.17, 15) is 9.59 Å². The van der Waals surface area contributed by atoms with E-state index in [1.165, 1.54) is 0 Å². The second-order valence-electron chi connectivity index (χ2n) is 12.3. The Kier molecular flexibility index (Phi) is 9.15. The van der Waals surface area contributed by atoms with Gasteiger partial charge in [-0.15, -0.1) is 5.10 Å². The van der Waals surface area contributed by atoms with Gasteiger partial charge in [0.1, 0.15) is 11.4 Å². The Morgan fingerprint density at radius 1 is 0.940 bits per heavy atom. The number of aromatic amines is 1. The van der Waals surface area contributed by atoms with Crippen LogP contribution in [0.25, 0.3) is 27.6 Å². The first-order valence-electron chi connectivity index (χ1n) is 16.5. The van der Waals surface area contributed by atoms with Crippen LogP contribution in [0, 0.1) is 12.7 Å². The van der Waals surface area contributed by atoms with E-state index >= 15 is 4.39 Å². The average molecular weight is 680 g/mol. The molecule has 0 spiro atoms. The lowest BCUT2D eigenvalue weighted by Crippen LogP contribution is -2.49. The number of aryl methyl sites for hydroxylation is 2. The summed E-state index contributed by atoms with van der Waals surface area (Å²) >= 11 is 0. The first-order chi connectivity index (χ1) is 24.3. The molecule has 1 saturated heterocycles. The molecule has 14 heteroatoms. The standard InChI is InChI=1S/C36H38FN9O4/c1-23-6-7-31(50-3)35(40-23)43-15-17-44(18-16-43)36(48)29-20-27-26(28-21-38-10-8-30(28)49-2)19-25(33(37)34(27)41-29)24-5-4-12-45(22-24)32(47)9-13-46-14-11-39-42-46/h5-8,10-11,14,19-21,41H,4,9,12-13,15-18,22H2,1-3H3. The Bertz CT molecular complexity index is 2070. The number of methoxy groups -OCH3 is 2. The van der Waals surface area contributed by atoms with Gasteiger partial charge in [0.2, 0.25) is 5.91 Å². The number of hydrogen-bond donors (Lipinski definition) is 1. The summed E-state index contributed by atoms with van der Waals surface area (Å²) in [6.45, 7) is 5.17. The molecule has 258 valence electrons. The number of rotatable bonds is 9. The minimum Gasteiger partial charge on any atom is -0.496 e. The van der Waals surface area contributed by atoms with Crippen LogP contribution in [0.15, 0.2) is 61.2 Å². The highest BCUT2D eigenvalue weighted by atomic mass is 19.1. The van der Waals surface area contributed by atoms with Crippen LogP contribution in [0.3, 0.4) is 0 Å². The van der Waals surface area contributed by atoms with E-state index in [0.717, 1.165) is 11.5 Å². The number of fused-ring (bicyclic) bond motifs is 1. The zero-order chi connectivity index (χ0) is 34.8.